The van der Waals surface area contributed by atoms with Crippen LogP contribution in [-0.4, -0.2) is 17.9 Å². The van der Waals surface area contributed by atoms with Gasteiger partial charge in [-0.2, -0.15) is 0 Å². The molecular weight excluding hydrogens is 322 g/mol. The Balaban J connectivity index is 1.76. The maximum absolute atomic E-state index is 11.9. The van der Waals surface area contributed by atoms with Gasteiger partial charge >= 0.3 is 0 Å². The highest BCUT2D eigenvalue weighted by molar-refractivity contribution is 7.99. The van der Waals surface area contributed by atoms with Crippen molar-refractivity contribution >= 4 is 46.7 Å². The molecule has 0 aliphatic carbocycles. The molecule has 21 heavy (non-hydrogen) atoms. The number of rotatable bonds is 6. The first-order valence-electron chi connectivity index (χ1n) is 6.43. The van der Waals surface area contributed by atoms with Gasteiger partial charge in [0.25, 0.3) is 0 Å². The average Bonchev–Trinajstić information content (AvgIpc) is 2.48. The van der Waals surface area contributed by atoms with Crippen molar-refractivity contribution in [3.8, 4) is 0 Å². The zero-order chi connectivity index (χ0) is 15.1. The number of carbonyl (C=O) groups excluding carboxylic acids is 1. The minimum atomic E-state index is 0.0129. The summed E-state index contributed by atoms with van der Waals surface area (Å²) < 4.78 is 0. The molecule has 0 fully saturated rings. The monoisotopic (exact) mass is 337 g/mol. The summed E-state index contributed by atoms with van der Waals surface area (Å²) in [4.78, 5) is 13.0. The fourth-order valence-corrected chi connectivity index (χ4v) is 3.16. The highest BCUT2D eigenvalue weighted by atomic mass is 35.5. The summed E-state index contributed by atoms with van der Waals surface area (Å²) in [5.74, 6) is 1.22. The normalized spacial score (nSPS) is 10.4. The van der Waals surface area contributed by atoms with E-state index in [1.807, 2.05) is 54.8 Å². The molecule has 2 aromatic carbocycles. The number of hydrogen-bond acceptors (Lipinski definition) is 3. The number of hydrogen-bond donors (Lipinski definition) is 1. The molecule has 0 aliphatic rings. The van der Waals surface area contributed by atoms with E-state index in [1.165, 1.54) is 4.90 Å². The molecule has 110 valence electrons. The standard InChI is InChI=1S/C16H16ClNOS2/c1-20-15-7-5-14(6-8-15)18-16(19)11-21-10-12-3-2-4-13(17)9-12/h2-9H,10-11H2,1H3,(H,18,19). The summed E-state index contributed by atoms with van der Waals surface area (Å²) in [7, 11) is 0. The zero-order valence-corrected chi connectivity index (χ0v) is 14.0. The molecule has 0 saturated carbocycles. The lowest BCUT2D eigenvalue weighted by Gasteiger charge is -2.06. The molecule has 1 amide bonds. The number of halogens is 1. The van der Waals surface area contributed by atoms with E-state index in [2.05, 4.69) is 5.32 Å². The maximum Gasteiger partial charge on any atom is 0.234 e. The molecular formula is C16H16ClNOS2. The Hall–Kier alpha value is -1.10. The molecule has 0 saturated heterocycles. The molecule has 2 rings (SSSR count). The summed E-state index contributed by atoms with van der Waals surface area (Å²) in [6.07, 6.45) is 2.03. The van der Waals surface area contributed by atoms with E-state index in [1.54, 1.807) is 23.5 Å². The van der Waals surface area contributed by atoms with Gasteiger partial charge in [-0.25, -0.2) is 0 Å². The summed E-state index contributed by atoms with van der Waals surface area (Å²) in [6.45, 7) is 0. The van der Waals surface area contributed by atoms with Gasteiger partial charge in [-0.15, -0.1) is 23.5 Å². The third-order valence-electron chi connectivity index (χ3n) is 2.76. The number of amides is 1. The van der Waals surface area contributed by atoms with Crippen LogP contribution < -0.4 is 5.32 Å². The SMILES string of the molecule is CSc1ccc(NC(=O)CSCc2cccc(Cl)c2)cc1. The number of benzene rings is 2. The van der Waals surface area contributed by atoms with Gasteiger partial charge in [0.05, 0.1) is 5.75 Å². The van der Waals surface area contributed by atoms with E-state index in [9.17, 15) is 4.79 Å². The Morgan fingerprint density at radius 1 is 1.19 bits per heavy atom. The first-order chi connectivity index (χ1) is 10.2. The quantitative estimate of drug-likeness (QED) is 0.757. The Labute approximate surface area is 138 Å². The molecule has 0 heterocycles. The molecule has 2 nitrogen and oxygen atoms in total. The molecule has 1 N–H and O–H groups in total. The first-order valence-corrected chi connectivity index (χ1v) is 9.19. The molecule has 0 aromatic heterocycles. The molecule has 5 heteroatoms. The molecule has 2 aromatic rings. The van der Waals surface area contributed by atoms with E-state index in [-0.39, 0.29) is 5.91 Å². The van der Waals surface area contributed by atoms with Gasteiger partial charge in [-0.1, -0.05) is 23.7 Å². The summed E-state index contributed by atoms with van der Waals surface area (Å²) in [6, 6.07) is 15.5. The smallest absolute Gasteiger partial charge is 0.234 e. The number of nitrogens with one attached hydrogen (secondary N) is 1. The third-order valence-corrected chi connectivity index (χ3v) is 4.75. The second kappa shape index (κ2) is 8.37. The van der Waals surface area contributed by atoms with Crippen LogP contribution in [0.5, 0.6) is 0 Å². The third kappa shape index (κ3) is 5.65. The first kappa shape index (κ1) is 16.3. The predicted octanol–water partition coefficient (Wildman–Crippen LogP) is 4.93. The topological polar surface area (TPSA) is 29.1 Å². The van der Waals surface area contributed by atoms with Crippen LogP contribution >= 0.6 is 35.1 Å². The molecule has 0 spiro atoms. The van der Waals surface area contributed by atoms with Crippen molar-refractivity contribution in [3.63, 3.8) is 0 Å². The van der Waals surface area contributed by atoms with Gasteiger partial charge < -0.3 is 5.32 Å². The van der Waals surface area contributed by atoms with Crippen LogP contribution in [0.25, 0.3) is 0 Å². The largest absolute Gasteiger partial charge is 0.325 e. The fourth-order valence-electron chi connectivity index (χ4n) is 1.76. The predicted molar refractivity (Wildman–Crippen MR) is 94.5 cm³/mol. The van der Waals surface area contributed by atoms with Gasteiger partial charge in [0.2, 0.25) is 5.91 Å². The van der Waals surface area contributed by atoms with Crippen molar-refractivity contribution in [1.82, 2.24) is 0 Å². The minimum Gasteiger partial charge on any atom is -0.325 e. The lowest BCUT2D eigenvalue weighted by molar-refractivity contribution is -0.113. The van der Waals surface area contributed by atoms with Crippen LogP contribution in [0.1, 0.15) is 5.56 Å². The fraction of sp³-hybridized carbons (Fsp3) is 0.188. The molecule has 0 atom stereocenters. The number of carbonyl (C=O) groups is 1. The van der Waals surface area contributed by atoms with Crippen molar-refractivity contribution in [3.05, 3.63) is 59.1 Å². The van der Waals surface area contributed by atoms with Crippen molar-refractivity contribution in [2.45, 2.75) is 10.6 Å². The van der Waals surface area contributed by atoms with E-state index in [4.69, 9.17) is 11.6 Å². The molecule has 0 radical (unpaired) electrons. The maximum atomic E-state index is 11.9. The lowest BCUT2D eigenvalue weighted by Crippen LogP contribution is -2.14. The average molecular weight is 338 g/mol. The van der Waals surface area contributed by atoms with Crippen molar-refractivity contribution in [2.75, 3.05) is 17.3 Å². The lowest BCUT2D eigenvalue weighted by atomic mass is 10.2. The van der Waals surface area contributed by atoms with Gasteiger partial charge in [-0.05, 0) is 48.2 Å². The Kier molecular flexibility index (Phi) is 6.49. The van der Waals surface area contributed by atoms with Crippen LogP contribution in [0.2, 0.25) is 5.02 Å². The van der Waals surface area contributed by atoms with Crippen LogP contribution in [0.15, 0.2) is 53.4 Å². The van der Waals surface area contributed by atoms with Crippen molar-refractivity contribution < 1.29 is 4.79 Å². The summed E-state index contributed by atoms with van der Waals surface area (Å²) in [5, 5.41) is 3.62. The Bertz CT molecular complexity index is 601. The summed E-state index contributed by atoms with van der Waals surface area (Å²) in [5.41, 5.74) is 1.96. The van der Waals surface area contributed by atoms with Crippen molar-refractivity contribution in [1.29, 1.82) is 0 Å². The molecule has 0 unspecified atom stereocenters. The second-order valence-corrected chi connectivity index (χ2v) is 6.70. The van der Waals surface area contributed by atoms with E-state index >= 15 is 0 Å². The minimum absolute atomic E-state index is 0.0129. The van der Waals surface area contributed by atoms with Crippen LogP contribution in [-0.2, 0) is 10.5 Å². The Morgan fingerprint density at radius 2 is 1.95 bits per heavy atom. The van der Waals surface area contributed by atoms with Gasteiger partial charge in [0, 0.05) is 21.4 Å². The van der Waals surface area contributed by atoms with Crippen LogP contribution in [0, 0.1) is 0 Å². The van der Waals surface area contributed by atoms with E-state index < -0.39 is 0 Å². The van der Waals surface area contributed by atoms with E-state index in [0.717, 1.165) is 22.0 Å². The number of thioether (sulfide) groups is 2. The van der Waals surface area contributed by atoms with Crippen LogP contribution in [0.3, 0.4) is 0 Å². The molecule has 0 aliphatic heterocycles. The van der Waals surface area contributed by atoms with Crippen molar-refractivity contribution in [2.24, 2.45) is 0 Å². The van der Waals surface area contributed by atoms with Gasteiger partial charge in [0.15, 0.2) is 0 Å². The van der Waals surface area contributed by atoms with E-state index in [0.29, 0.717) is 5.75 Å². The number of anilines is 1. The zero-order valence-electron chi connectivity index (χ0n) is 11.6. The van der Waals surface area contributed by atoms with Crippen LogP contribution in [0.4, 0.5) is 5.69 Å². The summed E-state index contributed by atoms with van der Waals surface area (Å²) >= 11 is 9.18. The van der Waals surface area contributed by atoms with Gasteiger partial charge in [-0.3, -0.25) is 4.79 Å². The second-order valence-electron chi connectivity index (χ2n) is 4.40. The van der Waals surface area contributed by atoms with Gasteiger partial charge in [0.1, 0.15) is 0 Å². The molecule has 0 bridgehead atoms. The Morgan fingerprint density at radius 3 is 2.62 bits per heavy atom. The highest BCUT2D eigenvalue weighted by Gasteiger charge is 2.03. The highest BCUT2D eigenvalue weighted by Crippen LogP contribution is 2.19.